The number of rotatable bonds is 4. The molecule has 0 bridgehead atoms. The molecule has 3 rings (SSSR count). The Morgan fingerprint density at radius 3 is 1.92 bits per heavy atom. The summed E-state index contributed by atoms with van der Waals surface area (Å²) in [5.74, 6) is 0.232. The molecule has 1 saturated heterocycles. The Morgan fingerprint density at radius 2 is 1.36 bits per heavy atom. The minimum absolute atomic E-state index is 0.0356. The molecule has 0 aromatic heterocycles. The summed E-state index contributed by atoms with van der Waals surface area (Å²) in [5, 5.41) is 30.7. The van der Waals surface area contributed by atoms with Gasteiger partial charge in [-0.05, 0) is 19.3 Å². The summed E-state index contributed by atoms with van der Waals surface area (Å²) in [6.07, 6.45) is 0.817. The highest BCUT2D eigenvalue weighted by Crippen LogP contribution is 2.41. The van der Waals surface area contributed by atoms with Crippen LogP contribution in [0, 0.1) is 11.8 Å². The lowest BCUT2D eigenvalue weighted by molar-refractivity contribution is -0.304. The second kappa shape index (κ2) is 8.17. The van der Waals surface area contributed by atoms with E-state index in [9.17, 15) is 15.3 Å². The van der Waals surface area contributed by atoms with Gasteiger partial charge in [-0.3, -0.25) is 0 Å². The normalized spacial score (nSPS) is 51.1. The summed E-state index contributed by atoms with van der Waals surface area (Å²) < 4.78 is 21.7. The Bertz CT molecular complexity index is 420. The van der Waals surface area contributed by atoms with Crippen LogP contribution in [0.2, 0.25) is 0 Å². The van der Waals surface area contributed by atoms with Gasteiger partial charge in [0.25, 0.3) is 0 Å². The van der Waals surface area contributed by atoms with Crippen molar-refractivity contribution in [3.05, 3.63) is 0 Å². The SMILES string of the molecule is COC1CC(C2[OH+]C3CC(O)CC(O)C3CC2OC)CC(OC)C1O. The van der Waals surface area contributed by atoms with Gasteiger partial charge < -0.3 is 34.3 Å². The van der Waals surface area contributed by atoms with Gasteiger partial charge in [0.2, 0.25) is 0 Å². The van der Waals surface area contributed by atoms with Crippen LogP contribution in [-0.2, 0) is 14.2 Å². The highest BCUT2D eigenvalue weighted by Gasteiger charge is 2.53. The smallest absolute Gasteiger partial charge is 0.184 e. The Balaban J connectivity index is 1.75. The first kappa shape index (κ1) is 19.5. The predicted molar refractivity (Wildman–Crippen MR) is 90.3 cm³/mol. The summed E-state index contributed by atoms with van der Waals surface area (Å²) >= 11 is 0. The first-order valence-corrected chi connectivity index (χ1v) is 9.31. The van der Waals surface area contributed by atoms with Crippen molar-refractivity contribution in [3.8, 4) is 0 Å². The lowest BCUT2D eigenvalue weighted by Crippen LogP contribution is -2.59. The van der Waals surface area contributed by atoms with Crippen molar-refractivity contribution >= 4 is 0 Å². The highest BCUT2D eigenvalue weighted by atomic mass is 16.5. The van der Waals surface area contributed by atoms with Crippen LogP contribution in [0.3, 0.4) is 0 Å². The number of aliphatic hydroxyl groups is 5. The van der Waals surface area contributed by atoms with Crippen molar-refractivity contribution in [2.45, 2.75) is 80.9 Å². The molecule has 0 radical (unpaired) electrons. The van der Waals surface area contributed by atoms with Crippen LogP contribution in [0.25, 0.3) is 0 Å². The Morgan fingerprint density at radius 1 is 0.760 bits per heavy atom. The van der Waals surface area contributed by atoms with Crippen molar-refractivity contribution in [1.29, 1.82) is 0 Å². The fraction of sp³-hybridized carbons (Fsp3) is 1.00. The van der Waals surface area contributed by atoms with E-state index in [1.54, 1.807) is 21.3 Å². The van der Waals surface area contributed by atoms with E-state index in [-0.39, 0.29) is 42.4 Å². The third kappa shape index (κ3) is 3.88. The molecule has 3 fully saturated rings. The average molecular weight is 361 g/mol. The van der Waals surface area contributed by atoms with Crippen LogP contribution >= 0.6 is 0 Å². The zero-order valence-electron chi connectivity index (χ0n) is 15.3. The van der Waals surface area contributed by atoms with E-state index < -0.39 is 18.3 Å². The number of fused-ring (bicyclic) bond motifs is 1. The lowest BCUT2D eigenvalue weighted by Gasteiger charge is -2.47. The van der Waals surface area contributed by atoms with E-state index >= 15 is 0 Å². The monoisotopic (exact) mass is 361 g/mol. The maximum absolute atomic E-state index is 10.3. The van der Waals surface area contributed by atoms with Gasteiger partial charge in [-0.1, -0.05) is 0 Å². The van der Waals surface area contributed by atoms with Crippen LogP contribution in [0.1, 0.15) is 32.1 Å². The number of aliphatic hydroxyl groups excluding tert-OH is 3. The van der Waals surface area contributed by atoms with Crippen LogP contribution in [-0.4, -0.2) is 90.2 Å². The summed E-state index contributed by atoms with van der Waals surface area (Å²) in [5.41, 5.74) is 0. The molecule has 1 heterocycles. The molecule has 7 nitrogen and oxygen atoms in total. The first-order valence-electron chi connectivity index (χ1n) is 9.31. The number of methoxy groups -OCH3 is 3. The topological polar surface area (TPSA) is 101 Å². The van der Waals surface area contributed by atoms with Gasteiger partial charge in [-0.25, -0.2) is 0 Å². The van der Waals surface area contributed by atoms with Crippen molar-refractivity contribution < 1.29 is 34.3 Å². The zero-order chi connectivity index (χ0) is 18.1. The molecule has 7 heteroatoms. The summed E-state index contributed by atoms with van der Waals surface area (Å²) in [6.45, 7) is 0. The molecular weight excluding hydrogens is 328 g/mol. The Hall–Kier alpha value is -0.280. The molecular formula is C18H33O7+. The average Bonchev–Trinajstić information content (AvgIpc) is 2.60. The van der Waals surface area contributed by atoms with Crippen molar-refractivity contribution in [2.24, 2.45) is 11.8 Å². The number of ether oxygens (including phenoxy) is 4. The first-order chi connectivity index (χ1) is 12.0. The van der Waals surface area contributed by atoms with E-state index in [0.717, 1.165) is 6.42 Å². The van der Waals surface area contributed by atoms with Crippen LogP contribution in [0.4, 0.5) is 0 Å². The molecule has 2 aliphatic carbocycles. The van der Waals surface area contributed by atoms with Gasteiger partial charge in [0.15, 0.2) is 12.2 Å². The fourth-order valence-corrected chi connectivity index (χ4v) is 5.09. The van der Waals surface area contributed by atoms with Gasteiger partial charge in [0.05, 0.1) is 30.3 Å². The largest absolute Gasteiger partial charge is 0.427 e. The maximum Gasteiger partial charge on any atom is 0.184 e. The molecule has 0 amide bonds. The molecule has 146 valence electrons. The quantitative estimate of drug-likeness (QED) is 0.589. The maximum atomic E-state index is 10.3. The standard InChI is InChI=1S/C18H32O7/c1-22-14-4-9(5-15(23-2)17(14)21)18-16(24-3)8-11-12(20)6-10(19)7-13(11)25-18/h9-21H,4-8H2,1-3H3/p+1. The second-order valence-electron chi connectivity index (χ2n) is 7.84. The molecule has 3 aliphatic rings. The fourth-order valence-electron chi connectivity index (χ4n) is 5.09. The molecule has 0 spiro atoms. The molecule has 8 atom stereocenters. The summed E-state index contributed by atoms with van der Waals surface area (Å²) in [4.78, 5) is 0. The molecule has 0 aromatic carbocycles. The third-order valence-electron chi connectivity index (χ3n) is 6.49. The van der Waals surface area contributed by atoms with Crippen molar-refractivity contribution in [3.63, 3.8) is 0 Å². The van der Waals surface area contributed by atoms with E-state index in [2.05, 4.69) is 0 Å². The molecule has 8 unspecified atom stereocenters. The third-order valence-corrected chi connectivity index (χ3v) is 6.49. The number of hydrogen-bond acceptors (Lipinski definition) is 6. The molecule has 1 aliphatic heterocycles. The van der Waals surface area contributed by atoms with Gasteiger partial charge >= 0.3 is 0 Å². The summed E-state index contributed by atoms with van der Waals surface area (Å²) in [6, 6.07) is 0. The Kier molecular flexibility index (Phi) is 6.36. The van der Waals surface area contributed by atoms with Gasteiger partial charge in [0, 0.05) is 40.1 Å². The van der Waals surface area contributed by atoms with Crippen LogP contribution < -0.4 is 0 Å². The van der Waals surface area contributed by atoms with Crippen molar-refractivity contribution in [2.75, 3.05) is 21.3 Å². The van der Waals surface area contributed by atoms with Gasteiger partial charge in [0.1, 0.15) is 12.2 Å². The molecule has 2 saturated carbocycles. The van der Waals surface area contributed by atoms with Crippen LogP contribution in [0.5, 0.6) is 0 Å². The lowest BCUT2D eigenvalue weighted by atomic mass is 9.72. The second-order valence-corrected chi connectivity index (χ2v) is 7.84. The zero-order valence-corrected chi connectivity index (χ0v) is 15.3. The van der Waals surface area contributed by atoms with Crippen LogP contribution in [0.15, 0.2) is 0 Å². The van der Waals surface area contributed by atoms with Crippen molar-refractivity contribution in [1.82, 2.24) is 0 Å². The molecule has 4 N–H and O–H groups in total. The highest BCUT2D eigenvalue weighted by molar-refractivity contribution is 4.98. The minimum Gasteiger partial charge on any atom is -0.427 e. The van der Waals surface area contributed by atoms with E-state index in [1.165, 1.54) is 0 Å². The number of hydrogen-bond donors (Lipinski definition) is 3. The van der Waals surface area contributed by atoms with E-state index in [0.29, 0.717) is 25.7 Å². The van der Waals surface area contributed by atoms with E-state index in [4.69, 9.17) is 18.9 Å². The van der Waals surface area contributed by atoms with Gasteiger partial charge in [-0.15, -0.1) is 0 Å². The Labute approximate surface area is 149 Å². The minimum atomic E-state index is -0.637. The molecule has 25 heavy (non-hydrogen) atoms. The van der Waals surface area contributed by atoms with E-state index in [1.807, 2.05) is 0 Å². The molecule has 0 aromatic rings. The summed E-state index contributed by atoms with van der Waals surface area (Å²) in [7, 11) is 4.91. The van der Waals surface area contributed by atoms with Gasteiger partial charge in [-0.2, -0.15) is 0 Å². The predicted octanol–water partition coefficient (Wildman–Crippen LogP) is -0.397.